The molecule has 1 N–H and O–H groups in total. The van der Waals surface area contributed by atoms with E-state index in [0.717, 1.165) is 0 Å². The maximum Gasteiger partial charge on any atom is 0.508 e. The largest absolute Gasteiger partial charge is 0.508 e. The molecule has 0 aliphatic carbocycles. The molecule has 0 amide bonds. The van der Waals surface area contributed by atoms with Crippen molar-refractivity contribution in [1.82, 2.24) is 0 Å². The van der Waals surface area contributed by atoms with Gasteiger partial charge in [-0.15, -0.1) is 4.89 Å². The summed E-state index contributed by atoms with van der Waals surface area (Å²) in [4.78, 5) is 31.5. The van der Waals surface area contributed by atoms with E-state index in [1.54, 1.807) is 13.8 Å². The molecule has 0 spiro atoms. The van der Waals surface area contributed by atoms with Crippen molar-refractivity contribution in [1.29, 1.82) is 0 Å². The molecule has 2 atom stereocenters. The van der Waals surface area contributed by atoms with Gasteiger partial charge in [-0.2, -0.15) is 4.89 Å². The Labute approximate surface area is 109 Å². The predicted molar refractivity (Wildman–Crippen MR) is 59.5 cm³/mol. The van der Waals surface area contributed by atoms with Crippen LogP contribution in [0.15, 0.2) is 12.2 Å². The number of rotatable bonds is 5. The quantitative estimate of drug-likeness (QED) is 0.349. The number of hydrogen-bond acceptors (Lipinski definition) is 7. The van der Waals surface area contributed by atoms with Gasteiger partial charge in [0, 0.05) is 12.5 Å². The highest BCUT2D eigenvalue weighted by atomic mass is 17.3. The zero-order valence-electron chi connectivity index (χ0n) is 11.1. The molecule has 0 aromatic rings. The minimum absolute atomic E-state index is 0.0832. The third-order valence-electron chi connectivity index (χ3n) is 2.12. The van der Waals surface area contributed by atoms with Crippen LogP contribution in [-0.4, -0.2) is 35.1 Å². The molecular formula is C11H16O8. The van der Waals surface area contributed by atoms with E-state index in [4.69, 9.17) is 14.6 Å². The molecule has 0 aromatic heterocycles. The van der Waals surface area contributed by atoms with Crippen LogP contribution in [0.3, 0.4) is 0 Å². The molecule has 1 saturated heterocycles. The smallest absolute Gasteiger partial charge is 0.450 e. The second kappa shape index (κ2) is 5.16. The lowest BCUT2D eigenvalue weighted by Crippen LogP contribution is -2.71. The Bertz CT molecular complexity index is 403. The van der Waals surface area contributed by atoms with Crippen molar-refractivity contribution in [3.63, 3.8) is 0 Å². The van der Waals surface area contributed by atoms with Crippen molar-refractivity contribution >= 4 is 12.1 Å². The molecule has 0 radical (unpaired) electrons. The molecule has 1 aliphatic heterocycles. The number of carboxylic acid groups (broad SMARTS) is 1. The fourth-order valence-electron chi connectivity index (χ4n) is 1.25. The Morgan fingerprint density at radius 3 is 2.16 bits per heavy atom. The van der Waals surface area contributed by atoms with Crippen LogP contribution >= 0.6 is 0 Å². The molecule has 1 fully saturated rings. The van der Waals surface area contributed by atoms with Crippen LogP contribution in [0.25, 0.3) is 0 Å². The standard InChI is InChI=1S/C11H16O8/c1-6(2)8(12)16-11(15-7(3)4)10(5,18-19-11)17-9(13)14/h7H,1H2,2-5H3,(H,13,14). The first-order valence-corrected chi connectivity index (χ1v) is 5.47. The Morgan fingerprint density at radius 2 is 1.84 bits per heavy atom. The third kappa shape index (κ3) is 3.03. The van der Waals surface area contributed by atoms with E-state index in [1.807, 2.05) is 0 Å². The van der Waals surface area contributed by atoms with Gasteiger partial charge < -0.3 is 19.3 Å². The lowest BCUT2D eigenvalue weighted by atomic mass is 10.2. The maximum absolute atomic E-state index is 11.6. The highest BCUT2D eigenvalue weighted by Crippen LogP contribution is 2.44. The SMILES string of the molecule is C=C(C)C(=O)OC1(OC(C)C)OOC1(C)OC(=O)O. The zero-order chi connectivity index (χ0) is 14.8. The van der Waals surface area contributed by atoms with Crippen LogP contribution < -0.4 is 0 Å². The predicted octanol–water partition coefficient (Wildman–Crippen LogP) is 1.56. The molecule has 1 rings (SSSR count). The van der Waals surface area contributed by atoms with Crippen molar-refractivity contribution in [2.75, 3.05) is 0 Å². The van der Waals surface area contributed by atoms with Gasteiger partial charge in [-0.25, -0.2) is 9.59 Å². The molecule has 108 valence electrons. The van der Waals surface area contributed by atoms with E-state index in [0.29, 0.717) is 0 Å². The van der Waals surface area contributed by atoms with Gasteiger partial charge in [-0.3, -0.25) is 0 Å². The highest BCUT2D eigenvalue weighted by Gasteiger charge is 2.71. The Kier molecular flexibility index (Phi) is 4.18. The van der Waals surface area contributed by atoms with Crippen LogP contribution in [-0.2, 0) is 28.8 Å². The molecule has 0 bridgehead atoms. The molecule has 2 unspecified atom stereocenters. The Hall–Kier alpha value is -1.64. The van der Waals surface area contributed by atoms with Crippen molar-refractivity contribution < 1.29 is 38.7 Å². The number of ether oxygens (including phenoxy) is 3. The number of hydrogen-bond donors (Lipinski definition) is 1. The summed E-state index contributed by atoms with van der Waals surface area (Å²) in [5.74, 6) is -4.85. The average molecular weight is 276 g/mol. The van der Waals surface area contributed by atoms with Gasteiger partial charge in [0.2, 0.25) is 0 Å². The lowest BCUT2D eigenvalue weighted by molar-refractivity contribution is -0.698. The van der Waals surface area contributed by atoms with Gasteiger partial charge in [0.05, 0.1) is 6.10 Å². The van der Waals surface area contributed by atoms with Gasteiger partial charge in [0.15, 0.2) is 0 Å². The normalized spacial score (nSPS) is 29.5. The van der Waals surface area contributed by atoms with Crippen molar-refractivity contribution in [3.8, 4) is 0 Å². The van der Waals surface area contributed by atoms with Crippen molar-refractivity contribution in [2.24, 2.45) is 0 Å². The van der Waals surface area contributed by atoms with Crippen molar-refractivity contribution in [2.45, 2.75) is 45.6 Å². The fourth-order valence-corrected chi connectivity index (χ4v) is 1.25. The minimum atomic E-state index is -2.10. The summed E-state index contributed by atoms with van der Waals surface area (Å²) in [6.07, 6.45) is -2.08. The number of carbonyl (C=O) groups is 2. The summed E-state index contributed by atoms with van der Waals surface area (Å²) >= 11 is 0. The molecular weight excluding hydrogens is 260 g/mol. The molecule has 0 saturated carbocycles. The first kappa shape index (κ1) is 15.4. The number of carbonyl (C=O) groups excluding carboxylic acids is 1. The third-order valence-corrected chi connectivity index (χ3v) is 2.12. The van der Waals surface area contributed by atoms with Crippen molar-refractivity contribution in [3.05, 3.63) is 12.2 Å². The topological polar surface area (TPSA) is 101 Å². The van der Waals surface area contributed by atoms with Gasteiger partial charge in [-0.1, -0.05) is 6.58 Å². The summed E-state index contributed by atoms with van der Waals surface area (Å²) < 4.78 is 14.8. The van der Waals surface area contributed by atoms with E-state index < -0.39 is 30.0 Å². The van der Waals surface area contributed by atoms with Gasteiger partial charge in [0.25, 0.3) is 0 Å². The van der Waals surface area contributed by atoms with E-state index in [1.165, 1.54) is 13.8 Å². The Balaban J connectivity index is 2.97. The molecule has 1 heterocycles. The molecule has 19 heavy (non-hydrogen) atoms. The first-order chi connectivity index (χ1) is 8.62. The van der Waals surface area contributed by atoms with E-state index in [9.17, 15) is 9.59 Å². The molecule has 8 heteroatoms. The van der Waals surface area contributed by atoms with Gasteiger partial charge in [-0.05, 0) is 20.8 Å². The van der Waals surface area contributed by atoms with E-state index in [2.05, 4.69) is 21.1 Å². The lowest BCUT2D eigenvalue weighted by Gasteiger charge is -2.49. The summed E-state index contributed by atoms with van der Waals surface area (Å²) in [7, 11) is 0. The van der Waals surface area contributed by atoms with E-state index in [-0.39, 0.29) is 5.57 Å². The maximum atomic E-state index is 11.6. The van der Waals surface area contributed by atoms with Crippen LogP contribution in [0.1, 0.15) is 27.7 Å². The van der Waals surface area contributed by atoms with Crippen LogP contribution in [0.5, 0.6) is 0 Å². The fraction of sp³-hybridized carbons (Fsp3) is 0.636. The zero-order valence-corrected chi connectivity index (χ0v) is 11.1. The molecule has 1 aliphatic rings. The summed E-state index contributed by atoms with van der Waals surface area (Å²) in [6.45, 7) is 9.30. The second-order valence-electron chi connectivity index (χ2n) is 4.37. The average Bonchev–Trinajstić information content (AvgIpc) is 2.24. The molecule has 8 nitrogen and oxygen atoms in total. The highest BCUT2D eigenvalue weighted by molar-refractivity contribution is 5.87. The van der Waals surface area contributed by atoms with Gasteiger partial charge in [0.1, 0.15) is 0 Å². The van der Waals surface area contributed by atoms with Gasteiger partial charge >= 0.3 is 23.9 Å². The van der Waals surface area contributed by atoms with Crippen LogP contribution in [0.2, 0.25) is 0 Å². The van der Waals surface area contributed by atoms with E-state index >= 15 is 0 Å². The Morgan fingerprint density at radius 1 is 1.26 bits per heavy atom. The van der Waals surface area contributed by atoms with Crippen LogP contribution in [0.4, 0.5) is 4.79 Å². The number of esters is 1. The minimum Gasteiger partial charge on any atom is -0.450 e. The van der Waals surface area contributed by atoms with Crippen LogP contribution in [0, 0.1) is 0 Å². The summed E-state index contributed by atoms with van der Waals surface area (Å²) in [6, 6.07) is 0. The second-order valence-corrected chi connectivity index (χ2v) is 4.37. The first-order valence-electron chi connectivity index (χ1n) is 5.47. The summed E-state index contributed by atoms with van der Waals surface area (Å²) in [5.41, 5.74) is 0.0832. The molecule has 0 aromatic carbocycles. The monoisotopic (exact) mass is 276 g/mol. The summed E-state index contributed by atoms with van der Waals surface area (Å²) in [5, 5.41) is 8.65.